The molecule has 1 aliphatic heterocycles. The fraction of sp³-hybridized carbons (Fsp3) is 0.562. The normalized spacial score (nSPS) is 17.9. The minimum Gasteiger partial charge on any atom is -0.343 e. The topological polar surface area (TPSA) is 49.6 Å². The van der Waals surface area contributed by atoms with Crippen LogP contribution in [-0.2, 0) is 4.79 Å². The van der Waals surface area contributed by atoms with Crippen LogP contribution in [0.3, 0.4) is 0 Å². The van der Waals surface area contributed by atoms with Gasteiger partial charge in [0.2, 0.25) is 5.91 Å². The van der Waals surface area contributed by atoms with E-state index in [9.17, 15) is 4.79 Å². The fourth-order valence-corrected chi connectivity index (χ4v) is 2.74. The van der Waals surface area contributed by atoms with Crippen LogP contribution in [0.5, 0.6) is 0 Å². The third-order valence-corrected chi connectivity index (χ3v) is 4.25. The molecule has 1 aromatic carbocycles. The molecule has 4 nitrogen and oxygen atoms in total. The van der Waals surface area contributed by atoms with Gasteiger partial charge in [-0.2, -0.15) is 0 Å². The lowest BCUT2D eigenvalue weighted by Crippen LogP contribution is -2.45. The van der Waals surface area contributed by atoms with E-state index in [4.69, 9.17) is 5.73 Å². The minimum absolute atomic E-state index is 0. The Hall–Kier alpha value is -1.10. The molecular weight excluding hydrogens is 286 g/mol. The van der Waals surface area contributed by atoms with Crippen LogP contribution < -0.4 is 5.73 Å². The maximum absolute atomic E-state index is 12.3. The number of piperidine rings is 1. The highest BCUT2D eigenvalue weighted by molar-refractivity contribution is 5.85. The quantitative estimate of drug-likeness (QED) is 0.926. The predicted molar refractivity (Wildman–Crippen MR) is 88.5 cm³/mol. The van der Waals surface area contributed by atoms with Crippen molar-refractivity contribution in [1.29, 1.82) is 0 Å². The maximum atomic E-state index is 12.3. The number of hydrogen-bond donors (Lipinski definition) is 1. The van der Waals surface area contributed by atoms with E-state index < -0.39 is 0 Å². The van der Waals surface area contributed by atoms with Gasteiger partial charge in [-0.1, -0.05) is 30.3 Å². The van der Waals surface area contributed by atoms with Gasteiger partial charge in [-0.25, -0.2) is 0 Å². The largest absolute Gasteiger partial charge is 0.343 e. The summed E-state index contributed by atoms with van der Waals surface area (Å²) >= 11 is 0. The first-order valence-electron chi connectivity index (χ1n) is 7.32. The van der Waals surface area contributed by atoms with E-state index in [0.717, 1.165) is 31.5 Å². The number of halogens is 1. The zero-order valence-corrected chi connectivity index (χ0v) is 13.7. The number of nitrogens with two attached hydrogens (primary N) is 1. The lowest BCUT2D eigenvalue weighted by atomic mass is 10.0. The van der Waals surface area contributed by atoms with E-state index in [1.54, 1.807) is 0 Å². The summed E-state index contributed by atoms with van der Waals surface area (Å²) in [5.74, 6) is 0.149. The predicted octanol–water partition coefficient (Wildman–Crippen LogP) is 2.05. The van der Waals surface area contributed by atoms with Crippen LogP contribution >= 0.6 is 12.4 Å². The molecule has 1 atom stereocenters. The molecule has 5 heteroatoms. The van der Waals surface area contributed by atoms with Crippen LogP contribution in [0.1, 0.15) is 30.9 Å². The van der Waals surface area contributed by atoms with E-state index in [1.165, 1.54) is 0 Å². The molecule has 1 heterocycles. The molecule has 0 radical (unpaired) electrons. The second-order valence-electron chi connectivity index (χ2n) is 5.76. The Balaban J connectivity index is 0.00000220. The van der Waals surface area contributed by atoms with Crippen LogP contribution in [0.4, 0.5) is 0 Å². The summed E-state index contributed by atoms with van der Waals surface area (Å²) in [7, 11) is 4.04. The van der Waals surface area contributed by atoms with Gasteiger partial charge in [-0.15, -0.1) is 12.4 Å². The van der Waals surface area contributed by atoms with Crippen LogP contribution in [0.25, 0.3) is 0 Å². The highest BCUT2D eigenvalue weighted by Crippen LogP contribution is 2.18. The highest BCUT2D eigenvalue weighted by Gasteiger charge is 2.25. The summed E-state index contributed by atoms with van der Waals surface area (Å²) in [5, 5.41) is 0. The number of amides is 1. The number of carbonyl (C=O) groups is 1. The highest BCUT2D eigenvalue weighted by atomic mass is 35.5. The van der Waals surface area contributed by atoms with Crippen molar-refractivity contribution in [3.63, 3.8) is 0 Å². The zero-order valence-electron chi connectivity index (χ0n) is 12.9. The number of likely N-dealkylation sites (tertiary alicyclic amines) is 1. The van der Waals surface area contributed by atoms with Gasteiger partial charge in [-0.05, 0) is 38.5 Å². The average molecular weight is 312 g/mol. The third-order valence-electron chi connectivity index (χ3n) is 4.25. The van der Waals surface area contributed by atoms with Gasteiger partial charge in [0.15, 0.2) is 0 Å². The SMILES string of the molecule is CN1CCC(N(C)C(=O)CC(N)c2ccccc2)CC1.Cl. The molecule has 0 aliphatic carbocycles. The summed E-state index contributed by atoms with van der Waals surface area (Å²) < 4.78 is 0. The summed E-state index contributed by atoms with van der Waals surface area (Å²) in [4.78, 5) is 16.5. The molecule has 1 unspecified atom stereocenters. The third kappa shape index (κ3) is 4.99. The zero-order chi connectivity index (χ0) is 14.5. The molecule has 2 rings (SSSR count). The molecular formula is C16H26ClN3O. The van der Waals surface area contributed by atoms with E-state index in [0.29, 0.717) is 12.5 Å². The standard InChI is InChI=1S/C16H25N3O.ClH/c1-18-10-8-14(9-11-18)19(2)16(20)12-15(17)13-6-4-3-5-7-13;/h3-7,14-15H,8-12,17H2,1-2H3;1H. The summed E-state index contributed by atoms with van der Waals surface area (Å²) in [6.07, 6.45) is 2.49. The summed E-state index contributed by atoms with van der Waals surface area (Å²) in [6.45, 7) is 2.13. The Morgan fingerprint density at radius 1 is 1.33 bits per heavy atom. The number of nitrogens with zero attached hydrogens (tertiary/aromatic N) is 2. The van der Waals surface area contributed by atoms with Crippen LogP contribution in [-0.4, -0.2) is 48.9 Å². The van der Waals surface area contributed by atoms with Gasteiger partial charge < -0.3 is 15.5 Å². The molecule has 21 heavy (non-hydrogen) atoms. The van der Waals surface area contributed by atoms with Crippen LogP contribution in [0.15, 0.2) is 30.3 Å². The molecule has 1 saturated heterocycles. The summed E-state index contributed by atoms with van der Waals surface area (Å²) in [6, 6.07) is 9.99. The van der Waals surface area contributed by atoms with Crippen molar-refractivity contribution in [1.82, 2.24) is 9.80 Å². The Labute approximate surface area is 133 Å². The van der Waals surface area contributed by atoms with Crippen LogP contribution in [0.2, 0.25) is 0 Å². The van der Waals surface area contributed by atoms with Gasteiger partial charge in [-0.3, -0.25) is 4.79 Å². The molecule has 0 spiro atoms. The van der Waals surface area contributed by atoms with Crippen molar-refractivity contribution in [3.8, 4) is 0 Å². The van der Waals surface area contributed by atoms with Crippen molar-refractivity contribution < 1.29 is 4.79 Å². The summed E-state index contributed by atoms with van der Waals surface area (Å²) in [5.41, 5.74) is 7.16. The van der Waals surface area contributed by atoms with Crippen molar-refractivity contribution in [2.24, 2.45) is 5.73 Å². The Bertz CT molecular complexity index is 432. The first-order valence-corrected chi connectivity index (χ1v) is 7.32. The van der Waals surface area contributed by atoms with Gasteiger partial charge in [0.05, 0.1) is 0 Å². The number of rotatable bonds is 4. The number of benzene rings is 1. The van der Waals surface area contributed by atoms with Crippen molar-refractivity contribution in [3.05, 3.63) is 35.9 Å². The first kappa shape index (κ1) is 18.0. The molecule has 1 aliphatic rings. The lowest BCUT2D eigenvalue weighted by Gasteiger charge is -2.35. The molecule has 2 N–H and O–H groups in total. The average Bonchev–Trinajstić information content (AvgIpc) is 2.48. The Morgan fingerprint density at radius 3 is 2.48 bits per heavy atom. The number of carbonyl (C=O) groups excluding carboxylic acids is 1. The molecule has 0 aromatic heterocycles. The molecule has 1 fully saturated rings. The van der Waals surface area contributed by atoms with Gasteiger partial charge in [0.25, 0.3) is 0 Å². The molecule has 0 bridgehead atoms. The minimum atomic E-state index is -0.211. The molecule has 1 aromatic rings. The monoisotopic (exact) mass is 311 g/mol. The van der Waals surface area contributed by atoms with Crippen molar-refractivity contribution >= 4 is 18.3 Å². The van der Waals surface area contributed by atoms with E-state index in [1.807, 2.05) is 42.3 Å². The molecule has 0 saturated carbocycles. The second-order valence-corrected chi connectivity index (χ2v) is 5.76. The lowest BCUT2D eigenvalue weighted by molar-refractivity contribution is -0.133. The number of hydrogen-bond acceptors (Lipinski definition) is 3. The van der Waals surface area contributed by atoms with Gasteiger partial charge in [0.1, 0.15) is 0 Å². The Morgan fingerprint density at radius 2 is 1.90 bits per heavy atom. The van der Waals surface area contributed by atoms with E-state index in [-0.39, 0.29) is 24.4 Å². The second kappa shape index (κ2) is 8.37. The first-order chi connectivity index (χ1) is 9.58. The van der Waals surface area contributed by atoms with Crippen molar-refractivity contribution in [2.45, 2.75) is 31.3 Å². The smallest absolute Gasteiger partial charge is 0.224 e. The van der Waals surface area contributed by atoms with E-state index >= 15 is 0 Å². The van der Waals surface area contributed by atoms with Gasteiger partial charge in [0, 0.05) is 25.6 Å². The maximum Gasteiger partial charge on any atom is 0.224 e. The van der Waals surface area contributed by atoms with Gasteiger partial charge >= 0.3 is 0 Å². The fourth-order valence-electron chi connectivity index (χ4n) is 2.74. The molecule has 1 amide bonds. The van der Waals surface area contributed by atoms with E-state index in [2.05, 4.69) is 11.9 Å². The Kier molecular flexibility index (Phi) is 7.15. The van der Waals surface area contributed by atoms with Crippen molar-refractivity contribution in [2.75, 3.05) is 27.2 Å². The molecule has 118 valence electrons. The van der Waals surface area contributed by atoms with Crippen LogP contribution in [0, 0.1) is 0 Å².